The van der Waals surface area contributed by atoms with E-state index in [0.29, 0.717) is 5.92 Å². The molecule has 2 aromatic carbocycles. The second kappa shape index (κ2) is 5.86. The lowest BCUT2D eigenvalue weighted by atomic mass is 9.93. The van der Waals surface area contributed by atoms with E-state index in [0.717, 1.165) is 35.6 Å². The van der Waals surface area contributed by atoms with Gasteiger partial charge in [-0.1, -0.05) is 24.3 Å². The molecule has 1 atom stereocenters. The lowest BCUT2D eigenvalue weighted by molar-refractivity contribution is 0.198. The zero-order valence-corrected chi connectivity index (χ0v) is 13.7. The van der Waals surface area contributed by atoms with Gasteiger partial charge >= 0.3 is 6.09 Å². The highest BCUT2D eigenvalue weighted by molar-refractivity contribution is 5.89. The second-order valence-electron chi connectivity index (χ2n) is 6.71. The van der Waals surface area contributed by atoms with Crippen molar-refractivity contribution in [1.29, 1.82) is 0 Å². The molecule has 4 rings (SSSR count). The molecule has 0 radical (unpaired) electrons. The average Bonchev–Trinajstić information content (AvgIpc) is 3.40. The third-order valence-corrected chi connectivity index (χ3v) is 4.97. The lowest BCUT2D eigenvalue weighted by Gasteiger charge is -2.34. The fourth-order valence-corrected chi connectivity index (χ4v) is 3.56. The van der Waals surface area contributed by atoms with Gasteiger partial charge in [0.2, 0.25) is 0 Å². The molecule has 1 N–H and O–H groups in total. The van der Waals surface area contributed by atoms with E-state index in [2.05, 4.69) is 6.07 Å². The number of amides is 1. The molecule has 124 valence electrons. The van der Waals surface area contributed by atoms with Crippen LogP contribution in [0.4, 0.5) is 10.5 Å². The van der Waals surface area contributed by atoms with E-state index in [1.165, 1.54) is 23.3 Å². The Morgan fingerprint density at radius 1 is 1.12 bits per heavy atom. The van der Waals surface area contributed by atoms with Crippen LogP contribution in [0.3, 0.4) is 0 Å². The Morgan fingerprint density at radius 3 is 2.54 bits per heavy atom. The molecule has 4 heteroatoms. The van der Waals surface area contributed by atoms with Gasteiger partial charge in [-0.25, -0.2) is 4.79 Å². The summed E-state index contributed by atoms with van der Waals surface area (Å²) in [6.07, 6.45) is 3.14. The first-order valence-corrected chi connectivity index (χ1v) is 8.56. The highest BCUT2D eigenvalue weighted by atomic mass is 16.5. The normalized spacial score (nSPS) is 19.7. The topological polar surface area (TPSA) is 49.8 Å². The summed E-state index contributed by atoms with van der Waals surface area (Å²) in [5, 5.41) is 9.61. The summed E-state index contributed by atoms with van der Waals surface area (Å²) in [7, 11) is 0. The second-order valence-corrected chi connectivity index (χ2v) is 6.71. The van der Waals surface area contributed by atoms with Crippen molar-refractivity contribution in [2.75, 3.05) is 4.90 Å². The molecule has 1 saturated carbocycles. The van der Waals surface area contributed by atoms with Crippen LogP contribution in [-0.4, -0.2) is 17.2 Å². The fraction of sp³-hybridized carbons (Fsp3) is 0.350. The number of anilines is 1. The summed E-state index contributed by atoms with van der Waals surface area (Å²) in [5.74, 6) is 2.22. The molecule has 2 aromatic rings. The minimum atomic E-state index is -0.895. The van der Waals surface area contributed by atoms with E-state index in [9.17, 15) is 9.90 Å². The van der Waals surface area contributed by atoms with Gasteiger partial charge < -0.3 is 9.84 Å². The van der Waals surface area contributed by atoms with Gasteiger partial charge in [0.25, 0.3) is 0 Å². The Kier molecular flexibility index (Phi) is 3.68. The third kappa shape index (κ3) is 2.62. The molecule has 0 bridgehead atoms. The molecular weight excluding hydrogens is 302 g/mol. The number of ether oxygens (including phenoxy) is 1. The average molecular weight is 323 g/mol. The Morgan fingerprint density at radius 2 is 1.88 bits per heavy atom. The van der Waals surface area contributed by atoms with Gasteiger partial charge in [-0.05, 0) is 62.3 Å². The highest BCUT2D eigenvalue weighted by Crippen LogP contribution is 2.50. The molecular formula is C20H21NO3. The van der Waals surface area contributed by atoms with E-state index in [1.807, 2.05) is 43.3 Å². The zero-order valence-electron chi connectivity index (χ0n) is 13.7. The van der Waals surface area contributed by atoms with E-state index < -0.39 is 6.09 Å². The summed E-state index contributed by atoms with van der Waals surface area (Å²) in [5.41, 5.74) is 3.03. The van der Waals surface area contributed by atoms with Crippen LogP contribution in [0.2, 0.25) is 0 Å². The Hall–Kier alpha value is -2.49. The highest BCUT2D eigenvalue weighted by Gasteiger charge is 2.34. The predicted octanol–water partition coefficient (Wildman–Crippen LogP) is 5.18. The van der Waals surface area contributed by atoms with Crippen LogP contribution in [-0.2, 0) is 6.42 Å². The van der Waals surface area contributed by atoms with Crippen molar-refractivity contribution >= 4 is 11.8 Å². The van der Waals surface area contributed by atoms with E-state index in [1.54, 1.807) is 0 Å². The lowest BCUT2D eigenvalue weighted by Crippen LogP contribution is -2.41. The number of fused-ring (bicyclic) bond motifs is 1. The number of hydrogen-bond acceptors (Lipinski definition) is 2. The van der Waals surface area contributed by atoms with Crippen molar-refractivity contribution in [2.45, 2.75) is 44.6 Å². The number of benzene rings is 2. The number of rotatable bonds is 3. The quantitative estimate of drug-likeness (QED) is 0.847. The van der Waals surface area contributed by atoms with Gasteiger partial charge in [0.1, 0.15) is 11.5 Å². The third-order valence-electron chi connectivity index (χ3n) is 4.97. The van der Waals surface area contributed by atoms with E-state index >= 15 is 0 Å². The largest absolute Gasteiger partial charge is 0.465 e. The molecule has 1 amide bonds. The minimum absolute atomic E-state index is 0.00801. The Labute approximate surface area is 141 Å². The molecule has 0 saturated heterocycles. The smallest absolute Gasteiger partial charge is 0.412 e. The summed E-state index contributed by atoms with van der Waals surface area (Å²) in [6, 6.07) is 13.8. The maximum Gasteiger partial charge on any atom is 0.412 e. The first-order chi connectivity index (χ1) is 11.6. The number of hydrogen-bond donors (Lipinski definition) is 1. The minimum Gasteiger partial charge on any atom is -0.465 e. The number of carboxylic acid groups (broad SMARTS) is 1. The molecule has 0 aromatic heterocycles. The Bertz CT molecular complexity index is 768. The standard InChI is InChI=1S/C20H21NO3/c1-13-7-10-17-18(21(13)20(22)23)12-11-16(14-8-9-14)19(17)24-15-5-3-2-4-6-15/h2-6,11-14H,7-10H2,1H3,(H,22,23)/t13-/m0/s1. The summed E-state index contributed by atoms with van der Waals surface area (Å²) in [4.78, 5) is 13.2. The molecule has 1 heterocycles. The van der Waals surface area contributed by atoms with Crippen LogP contribution in [0.5, 0.6) is 11.5 Å². The van der Waals surface area contributed by atoms with Gasteiger partial charge in [-0.15, -0.1) is 0 Å². The van der Waals surface area contributed by atoms with Crippen LogP contribution in [0, 0.1) is 0 Å². The first kappa shape index (κ1) is 15.1. The van der Waals surface area contributed by atoms with Crippen molar-refractivity contribution in [3.63, 3.8) is 0 Å². The maximum atomic E-state index is 11.7. The van der Waals surface area contributed by atoms with Crippen molar-refractivity contribution in [3.05, 3.63) is 53.6 Å². The summed E-state index contributed by atoms with van der Waals surface area (Å²) >= 11 is 0. The van der Waals surface area contributed by atoms with Crippen molar-refractivity contribution < 1.29 is 14.6 Å². The van der Waals surface area contributed by atoms with Gasteiger partial charge in [-0.3, -0.25) is 4.90 Å². The number of nitrogens with zero attached hydrogens (tertiary/aromatic N) is 1. The van der Waals surface area contributed by atoms with Crippen LogP contribution in [0.1, 0.15) is 43.2 Å². The monoisotopic (exact) mass is 323 g/mol. The molecule has 24 heavy (non-hydrogen) atoms. The Balaban J connectivity index is 1.82. The van der Waals surface area contributed by atoms with Gasteiger partial charge in [0, 0.05) is 11.6 Å². The van der Waals surface area contributed by atoms with Gasteiger partial charge in [0.15, 0.2) is 0 Å². The zero-order chi connectivity index (χ0) is 16.7. The first-order valence-electron chi connectivity index (χ1n) is 8.56. The van der Waals surface area contributed by atoms with E-state index in [-0.39, 0.29) is 6.04 Å². The molecule has 2 aliphatic rings. The number of para-hydroxylation sites is 1. The molecule has 0 unspecified atom stereocenters. The molecule has 0 spiro atoms. The van der Waals surface area contributed by atoms with E-state index in [4.69, 9.17) is 4.74 Å². The van der Waals surface area contributed by atoms with Crippen LogP contribution >= 0.6 is 0 Å². The molecule has 1 aliphatic carbocycles. The van der Waals surface area contributed by atoms with Crippen LogP contribution in [0.25, 0.3) is 0 Å². The summed E-state index contributed by atoms with van der Waals surface area (Å²) in [6.45, 7) is 1.96. The number of carbonyl (C=O) groups is 1. The summed E-state index contributed by atoms with van der Waals surface area (Å²) < 4.78 is 6.25. The van der Waals surface area contributed by atoms with Gasteiger partial charge in [0.05, 0.1) is 5.69 Å². The van der Waals surface area contributed by atoms with Crippen molar-refractivity contribution in [1.82, 2.24) is 0 Å². The van der Waals surface area contributed by atoms with Crippen molar-refractivity contribution in [3.8, 4) is 11.5 Å². The molecule has 1 aliphatic heterocycles. The maximum absolute atomic E-state index is 11.7. The van der Waals surface area contributed by atoms with Gasteiger partial charge in [-0.2, -0.15) is 0 Å². The fourth-order valence-electron chi connectivity index (χ4n) is 3.56. The predicted molar refractivity (Wildman–Crippen MR) is 93.2 cm³/mol. The molecule has 1 fully saturated rings. The SMILES string of the molecule is C[C@H]1CCc2c(ccc(C3CC3)c2Oc2ccccc2)N1C(=O)O. The molecule has 4 nitrogen and oxygen atoms in total. The van der Waals surface area contributed by atoms with Crippen LogP contribution < -0.4 is 9.64 Å². The van der Waals surface area contributed by atoms with Crippen molar-refractivity contribution in [2.24, 2.45) is 0 Å². The van der Waals surface area contributed by atoms with Crippen LogP contribution in [0.15, 0.2) is 42.5 Å².